The van der Waals surface area contributed by atoms with Gasteiger partial charge in [0.15, 0.2) is 22.8 Å². The van der Waals surface area contributed by atoms with E-state index in [1.165, 1.54) is 6.21 Å². The van der Waals surface area contributed by atoms with Crippen LogP contribution >= 0.6 is 0 Å². The van der Waals surface area contributed by atoms with Gasteiger partial charge in [-0.1, -0.05) is 41.5 Å². The molecule has 1 fully saturated rings. The summed E-state index contributed by atoms with van der Waals surface area (Å²) in [6.45, 7) is 26.6. The van der Waals surface area contributed by atoms with Crippen molar-refractivity contribution in [3.8, 4) is 0 Å². The Balaban J connectivity index is 2.63. The van der Waals surface area contributed by atoms with Crippen LogP contribution in [0.3, 0.4) is 0 Å². The Morgan fingerprint density at radius 3 is 1.97 bits per heavy atom. The molecule has 2 aliphatic rings. The second-order valence-electron chi connectivity index (χ2n) is 14.1. The predicted octanol–water partition coefficient (Wildman–Crippen LogP) is 5.66. The molecule has 0 aromatic rings. The van der Waals surface area contributed by atoms with Crippen LogP contribution in [0.4, 0.5) is 4.79 Å². The van der Waals surface area contributed by atoms with E-state index in [-0.39, 0.29) is 16.7 Å². The molecular weight excluding hydrogens is 480 g/mol. The van der Waals surface area contributed by atoms with E-state index in [9.17, 15) is 14.8 Å². The number of hydroxylamine groups is 1. The molecule has 0 N–H and O–H groups in total. The molecular formula is C25H48N2O6Si2. The van der Waals surface area contributed by atoms with Crippen LogP contribution in [0.25, 0.3) is 0 Å². The Morgan fingerprint density at radius 1 is 1.06 bits per heavy atom. The van der Waals surface area contributed by atoms with Crippen molar-refractivity contribution < 1.29 is 27.9 Å². The summed E-state index contributed by atoms with van der Waals surface area (Å²) < 4.78 is 19.8. The van der Waals surface area contributed by atoms with E-state index in [2.05, 4.69) is 67.7 Å². The summed E-state index contributed by atoms with van der Waals surface area (Å²) in [5, 5.41) is 13.1. The van der Waals surface area contributed by atoms with E-state index in [0.717, 1.165) is 9.64 Å². The van der Waals surface area contributed by atoms with E-state index in [1.807, 2.05) is 0 Å². The minimum Gasteiger partial charge on any atom is -0.623 e. The van der Waals surface area contributed by atoms with Gasteiger partial charge in [-0.2, -0.15) is 4.74 Å². The highest BCUT2D eigenvalue weighted by molar-refractivity contribution is 6.74. The number of likely N-dealkylation sites (tertiary alicyclic amines) is 1. The summed E-state index contributed by atoms with van der Waals surface area (Å²) in [4.78, 5) is 28.5. The molecule has 0 aromatic heterocycles. The molecule has 35 heavy (non-hydrogen) atoms. The number of hydrogen-bond donors (Lipinski definition) is 0. The van der Waals surface area contributed by atoms with Gasteiger partial charge in [0.2, 0.25) is 0 Å². The minimum absolute atomic E-state index is 0.0639. The number of carbonyl (C=O) groups excluding carboxylic acids is 2. The van der Waals surface area contributed by atoms with Gasteiger partial charge in [0.25, 0.3) is 5.54 Å². The molecule has 2 heterocycles. The number of hydrogen-bond acceptors (Lipinski definition) is 6. The lowest BCUT2D eigenvalue weighted by molar-refractivity contribution is -0.529. The molecule has 8 nitrogen and oxygen atoms in total. The van der Waals surface area contributed by atoms with Crippen LogP contribution in [0.2, 0.25) is 36.3 Å². The first kappa shape index (κ1) is 30.0. The van der Waals surface area contributed by atoms with Gasteiger partial charge in [0.1, 0.15) is 11.7 Å². The zero-order valence-corrected chi connectivity index (χ0v) is 26.2. The largest absolute Gasteiger partial charge is 0.623 e. The Hall–Kier alpha value is -1.24. The van der Waals surface area contributed by atoms with Crippen molar-refractivity contribution in [1.29, 1.82) is 0 Å². The summed E-state index contributed by atoms with van der Waals surface area (Å²) in [5.41, 5.74) is -2.29. The zero-order chi connectivity index (χ0) is 27.4. The highest BCUT2D eigenvalue weighted by Crippen LogP contribution is 2.46. The smallest absolute Gasteiger partial charge is 0.417 e. The van der Waals surface area contributed by atoms with E-state index in [4.69, 9.17) is 13.6 Å². The fourth-order valence-electron chi connectivity index (χ4n) is 3.95. The van der Waals surface area contributed by atoms with Gasteiger partial charge < -0.3 is 18.8 Å². The van der Waals surface area contributed by atoms with E-state index in [1.54, 1.807) is 20.8 Å². The topological polar surface area (TPSA) is 91.1 Å². The SMILES string of the molecule is CC(C)(C)OC(=O)N1C(=O)[C@@]2(CCC=[N+]2[O-])[C@H](O[Si](C)(C)C(C)(C)C)C1CO[Si](C)(C)C(C)(C)C. The van der Waals surface area contributed by atoms with Crippen molar-refractivity contribution in [1.82, 2.24) is 4.90 Å². The van der Waals surface area contributed by atoms with E-state index < -0.39 is 51.9 Å². The molecule has 2 rings (SSSR count). The molecule has 1 spiro atoms. The molecule has 202 valence electrons. The number of rotatable bonds is 5. The molecule has 0 saturated carbocycles. The van der Waals surface area contributed by atoms with Crippen molar-refractivity contribution in [2.24, 2.45) is 0 Å². The highest BCUT2D eigenvalue weighted by atomic mass is 28.4. The van der Waals surface area contributed by atoms with Crippen molar-refractivity contribution in [3.05, 3.63) is 5.21 Å². The zero-order valence-electron chi connectivity index (χ0n) is 24.2. The van der Waals surface area contributed by atoms with Crippen LogP contribution < -0.4 is 0 Å². The van der Waals surface area contributed by atoms with Crippen LogP contribution in [-0.4, -0.2) is 74.4 Å². The molecule has 0 aliphatic carbocycles. The summed E-state index contributed by atoms with van der Waals surface area (Å²) in [5.74, 6) is -0.553. The van der Waals surface area contributed by atoms with Gasteiger partial charge >= 0.3 is 12.0 Å². The maximum Gasteiger partial charge on any atom is 0.417 e. The summed E-state index contributed by atoms with van der Waals surface area (Å²) in [7, 11) is -4.67. The van der Waals surface area contributed by atoms with Gasteiger partial charge in [-0.3, -0.25) is 4.79 Å². The van der Waals surface area contributed by atoms with Crippen LogP contribution in [0.1, 0.15) is 75.2 Å². The number of amides is 2. The monoisotopic (exact) mass is 528 g/mol. The summed E-state index contributed by atoms with van der Waals surface area (Å²) in [6, 6.07) is -0.761. The lowest BCUT2D eigenvalue weighted by Gasteiger charge is -2.43. The molecule has 3 atom stereocenters. The molecule has 2 aliphatic heterocycles. The van der Waals surface area contributed by atoms with Crippen molar-refractivity contribution in [2.75, 3.05) is 6.61 Å². The van der Waals surface area contributed by atoms with Crippen LogP contribution in [0.5, 0.6) is 0 Å². The van der Waals surface area contributed by atoms with E-state index >= 15 is 0 Å². The van der Waals surface area contributed by atoms with Gasteiger partial charge in [-0.15, -0.1) is 0 Å². The van der Waals surface area contributed by atoms with E-state index in [0.29, 0.717) is 12.8 Å². The fraction of sp³-hybridized carbons (Fsp3) is 0.880. The van der Waals surface area contributed by atoms with Crippen LogP contribution in [0, 0.1) is 5.21 Å². The van der Waals surface area contributed by atoms with Gasteiger partial charge in [-0.25, -0.2) is 9.69 Å². The number of imide groups is 1. The number of nitrogens with zero attached hydrogens (tertiary/aromatic N) is 2. The molecule has 1 unspecified atom stereocenters. The van der Waals surface area contributed by atoms with Crippen LogP contribution in [0.15, 0.2) is 0 Å². The summed E-state index contributed by atoms with van der Waals surface area (Å²) >= 11 is 0. The van der Waals surface area contributed by atoms with Crippen LogP contribution in [-0.2, 0) is 18.4 Å². The highest BCUT2D eigenvalue weighted by Gasteiger charge is 2.71. The Kier molecular flexibility index (Phi) is 7.93. The normalized spacial score (nSPS) is 26.5. The quantitative estimate of drug-likeness (QED) is 0.260. The third-order valence-electron chi connectivity index (χ3n) is 8.19. The molecule has 2 amide bonds. The Morgan fingerprint density at radius 2 is 1.57 bits per heavy atom. The first-order chi connectivity index (χ1) is 15.5. The summed E-state index contributed by atoms with van der Waals surface area (Å²) in [6.07, 6.45) is 0.663. The maximum absolute atomic E-state index is 14.0. The molecule has 1 saturated heterocycles. The van der Waals surface area contributed by atoms with Crippen molar-refractivity contribution >= 4 is 34.8 Å². The lowest BCUT2D eigenvalue weighted by Crippen LogP contribution is -2.58. The molecule has 0 radical (unpaired) electrons. The number of carbonyl (C=O) groups is 2. The third kappa shape index (κ3) is 5.70. The minimum atomic E-state index is -2.44. The third-order valence-corrected chi connectivity index (χ3v) is 17.2. The average molecular weight is 529 g/mol. The molecule has 0 aromatic carbocycles. The van der Waals surface area contributed by atoms with Gasteiger partial charge in [0.05, 0.1) is 12.6 Å². The first-order valence-corrected chi connectivity index (χ1v) is 18.5. The maximum atomic E-state index is 14.0. The Bertz CT molecular complexity index is 867. The van der Waals surface area contributed by atoms with Crippen molar-refractivity contribution in [2.45, 2.75) is 135 Å². The molecule has 0 bridgehead atoms. The first-order valence-electron chi connectivity index (χ1n) is 12.7. The average Bonchev–Trinajstić information content (AvgIpc) is 3.11. The number of ether oxygens (including phenoxy) is 1. The predicted molar refractivity (Wildman–Crippen MR) is 144 cm³/mol. The molecule has 10 heteroatoms. The fourth-order valence-corrected chi connectivity index (χ4v) is 6.31. The van der Waals surface area contributed by atoms with Crippen molar-refractivity contribution in [3.63, 3.8) is 0 Å². The standard InChI is InChI=1S/C25H48N2O6Si2/c1-22(2,3)32-21(29)27-18(17-31-34(10,11)23(4,5)6)19(33-35(12,13)24(7,8)9)25(20(27)28)15-14-16-26(25)30/h16,18-19H,14-15,17H2,1-13H3/t18?,19-,25-/m1/s1. The second kappa shape index (κ2) is 9.26. The van der Waals surface area contributed by atoms with Gasteiger partial charge in [-0.05, 0) is 57.0 Å². The Labute approximate surface area is 214 Å². The second-order valence-corrected chi connectivity index (χ2v) is 23.6. The van der Waals surface area contributed by atoms with Gasteiger partial charge in [0, 0.05) is 12.8 Å². The lowest BCUT2D eigenvalue weighted by atomic mass is 9.90.